The van der Waals surface area contributed by atoms with E-state index in [9.17, 15) is 4.79 Å². The monoisotopic (exact) mass is 281 g/mol. The Bertz CT molecular complexity index is 456. The van der Waals surface area contributed by atoms with Gasteiger partial charge in [0.05, 0.1) is 0 Å². The van der Waals surface area contributed by atoms with Gasteiger partial charge in [-0.05, 0) is 46.0 Å². The molecule has 1 aliphatic rings. The Hall–Kier alpha value is -1.13. The molecule has 1 atom stereocenters. The molecule has 0 bridgehead atoms. The van der Waals surface area contributed by atoms with Gasteiger partial charge in [0.1, 0.15) is 5.15 Å². The van der Waals surface area contributed by atoms with Crippen molar-refractivity contribution >= 4 is 17.5 Å². The maximum Gasteiger partial charge on any atom is 0.254 e. The molecule has 0 spiro atoms. The van der Waals surface area contributed by atoms with Gasteiger partial charge in [-0.15, -0.1) is 0 Å². The number of nitrogens with zero attached hydrogens (tertiary/aromatic N) is 3. The molecule has 0 N–H and O–H groups in total. The molecule has 0 saturated carbocycles. The predicted octanol–water partition coefficient (Wildman–Crippen LogP) is 2.21. The minimum absolute atomic E-state index is 0.0546. The zero-order valence-corrected chi connectivity index (χ0v) is 12.4. The Balaban J connectivity index is 2.14. The van der Waals surface area contributed by atoms with E-state index in [1.165, 1.54) is 0 Å². The summed E-state index contributed by atoms with van der Waals surface area (Å²) < 4.78 is 0. The van der Waals surface area contributed by atoms with Gasteiger partial charge in [0, 0.05) is 30.4 Å². The minimum Gasteiger partial charge on any atom is -0.337 e. The lowest BCUT2D eigenvalue weighted by atomic mass is 10.0. The second-order valence-electron chi connectivity index (χ2n) is 5.33. The number of likely N-dealkylation sites (tertiary alicyclic amines) is 1. The summed E-state index contributed by atoms with van der Waals surface area (Å²) in [6.07, 6.45) is 2.19. The minimum atomic E-state index is 0.0546. The fourth-order valence-electron chi connectivity index (χ4n) is 2.49. The van der Waals surface area contributed by atoms with Crippen molar-refractivity contribution in [3.63, 3.8) is 0 Å². The number of likely N-dealkylation sites (N-methyl/N-ethyl adjacent to an activating group) is 1. The van der Waals surface area contributed by atoms with Crippen molar-refractivity contribution in [2.75, 3.05) is 27.2 Å². The standard InChI is InChI=1S/C14H20ClN3O/c1-10-7-11(8-13(15)16-10)14(19)18-6-4-5-12(9-18)17(2)3/h7-8,12H,4-6,9H2,1-3H3. The summed E-state index contributed by atoms with van der Waals surface area (Å²) >= 11 is 5.92. The molecule has 4 nitrogen and oxygen atoms in total. The van der Waals surface area contributed by atoms with E-state index in [2.05, 4.69) is 24.0 Å². The topological polar surface area (TPSA) is 36.4 Å². The van der Waals surface area contributed by atoms with Crippen LogP contribution in [0.4, 0.5) is 0 Å². The molecular weight excluding hydrogens is 262 g/mol. The average Bonchev–Trinajstić information content (AvgIpc) is 2.37. The van der Waals surface area contributed by atoms with Gasteiger partial charge in [0.2, 0.25) is 0 Å². The third-order valence-corrected chi connectivity index (χ3v) is 3.78. The highest BCUT2D eigenvalue weighted by molar-refractivity contribution is 6.29. The van der Waals surface area contributed by atoms with Gasteiger partial charge in [0.15, 0.2) is 0 Å². The molecule has 0 aromatic carbocycles. The smallest absolute Gasteiger partial charge is 0.254 e. The van der Waals surface area contributed by atoms with Crippen LogP contribution in [0.3, 0.4) is 0 Å². The summed E-state index contributed by atoms with van der Waals surface area (Å²) in [5.41, 5.74) is 1.41. The zero-order valence-electron chi connectivity index (χ0n) is 11.7. The molecule has 0 radical (unpaired) electrons. The van der Waals surface area contributed by atoms with Gasteiger partial charge in [-0.2, -0.15) is 0 Å². The van der Waals surface area contributed by atoms with E-state index in [4.69, 9.17) is 11.6 Å². The normalized spacial score (nSPS) is 19.8. The van der Waals surface area contributed by atoms with Gasteiger partial charge < -0.3 is 9.80 Å². The van der Waals surface area contributed by atoms with Crippen LogP contribution in [0.5, 0.6) is 0 Å². The Morgan fingerprint density at radius 3 is 2.84 bits per heavy atom. The van der Waals surface area contributed by atoms with Gasteiger partial charge >= 0.3 is 0 Å². The highest BCUT2D eigenvalue weighted by Gasteiger charge is 2.25. The van der Waals surface area contributed by atoms with Crippen LogP contribution in [0.1, 0.15) is 28.9 Å². The SMILES string of the molecule is Cc1cc(C(=O)N2CCCC(N(C)C)C2)cc(Cl)n1. The van der Waals surface area contributed by atoms with Crippen molar-refractivity contribution in [3.05, 3.63) is 28.5 Å². The molecule has 104 valence electrons. The number of carbonyl (C=O) groups excluding carboxylic acids is 1. The van der Waals surface area contributed by atoms with E-state index in [0.29, 0.717) is 16.8 Å². The quantitative estimate of drug-likeness (QED) is 0.780. The second kappa shape index (κ2) is 5.88. The number of aromatic nitrogens is 1. The van der Waals surface area contributed by atoms with Gasteiger partial charge in [-0.25, -0.2) is 4.98 Å². The number of hydrogen-bond acceptors (Lipinski definition) is 3. The fourth-order valence-corrected chi connectivity index (χ4v) is 2.75. The average molecular weight is 282 g/mol. The van der Waals surface area contributed by atoms with Crippen LogP contribution in [0.25, 0.3) is 0 Å². The van der Waals surface area contributed by atoms with Crippen LogP contribution in [0, 0.1) is 6.92 Å². The molecule has 1 aromatic rings. The fraction of sp³-hybridized carbons (Fsp3) is 0.571. The molecule has 1 amide bonds. The van der Waals surface area contributed by atoms with Crippen molar-refractivity contribution in [2.45, 2.75) is 25.8 Å². The van der Waals surface area contributed by atoms with Crippen LogP contribution in [-0.4, -0.2) is 53.9 Å². The van der Waals surface area contributed by atoms with Crippen LogP contribution in [0.2, 0.25) is 5.15 Å². The molecule has 1 fully saturated rings. The number of aryl methyl sites for hydroxylation is 1. The first-order valence-corrected chi connectivity index (χ1v) is 6.95. The first-order valence-electron chi connectivity index (χ1n) is 6.57. The molecule has 0 aliphatic carbocycles. The van der Waals surface area contributed by atoms with E-state index in [1.807, 2.05) is 11.8 Å². The van der Waals surface area contributed by atoms with Crippen LogP contribution >= 0.6 is 11.6 Å². The Labute approximate surface area is 119 Å². The summed E-state index contributed by atoms with van der Waals surface area (Å²) in [4.78, 5) is 20.7. The molecule has 5 heteroatoms. The largest absolute Gasteiger partial charge is 0.337 e. The Morgan fingerprint density at radius 2 is 2.21 bits per heavy atom. The van der Waals surface area contributed by atoms with Crippen molar-refractivity contribution in [2.24, 2.45) is 0 Å². The molecule has 1 unspecified atom stereocenters. The molecular formula is C14H20ClN3O. The summed E-state index contributed by atoms with van der Waals surface area (Å²) in [6.45, 7) is 3.45. The van der Waals surface area contributed by atoms with Crippen molar-refractivity contribution in [1.82, 2.24) is 14.8 Å². The molecule has 2 heterocycles. The summed E-state index contributed by atoms with van der Waals surface area (Å²) in [5.74, 6) is 0.0546. The van der Waals surface area contributed by atoms with E-state index in [1.54, 1.807) is 12.1 Å². The van der Waals surface area contributed by atoms with Gasteiger partial charge in [0.25, 0.3) is 5.91 Å². The number of rotatable bonds is 2. The summed E-state index contributed by atoms with van der Waals surface area (Å²) in [6, 6.07) is 3.89. The molecule has 1 aromatic heterocycles. The molecule has 19 heavy (non-hydrogen) atoms. The van der Waals surface area contributed by atoms with Crippen molar-refractivity contribution < 1.29 is 4.79 Å². The predicted molar refractivity (Wildman–Crippen MR) is 76.6 cm³/mol. The zero-order chi connectivity index (χ0) is 14.0. The van der Waals surface area contributed by atoms with Crippen LogP contribution in [0.15, 0.2) is 12.1 Å². The molecule has 2 rings (SSSR count). The van der Waals surface area contributed by atoms with E-state index in [0.717, 1.165) is 31.6 Å². The first-order chi connectivity index (χ1) is 8.97. The lowest BCUT2D eigenvalue weighted by Gasteiger charge is -2.36. The number of carbonyl (C=O) groups is 1. The van der Waals surface area contributed by atoms with Gasteiger partial charge in [-0.3, -0.25) is 4.79 Å². The number of amides is 1. The van der Waals surface area contributed by atoms with E-state index in [-0.39, 0.29) is 5.91 Å². The molecule has 1 saturated heterocycles. The van der Waals surface area contributed by atoms with E-state index >= 15 is 0 Å². The number of piperidine rings is 1. The lowest BCUT2D eigenvalue weighted by Crippen LogP contribution is -2.47. The summed E-state index contributed by atoms with van der Waals surface area (Å²) in [5, 5.41) is 0.379. The first kappa shape index (κ1) is 14.3. The highest BCUT2D eigenvalue weighted by Crippen LogP contribution is 2.18. The summed E-state index contributed by atoms with van der Waals surface area (Å²) in [7, 11) is 4.12. The van der Waals surface area contributed by atoms with Gasteiger partial charge in [-0.1, -0.05) is 11.6 Å². The third kappa shape index (κ3) is 3.45. The van der Waals surface area contributed by atoms with Crippen molar-refractivity contribution in [1.29, 1.82) is 0 Å². The Kier molecular flexibility index (Phi) is 4.42. The van der Waals surface area contributed by atoms with E-state index < -0.39 is 0 Å². The maximum absolute atomic E-state index is 12.5. The molecule has 1 aliphatic heterocycles. The highest BCUT2D eigenvalue weighted by atomic mass is 35.5. The van der Waals surface area contributed by atoms with Crippen LogP contribution in [-0.2, 0) is 0 Å². The maximum atomic E-state index is 12.5. The van der Waals surface area contributed by atoms with Crippen LogP contribution < -0.4 is 0 Å². The Morgan fingerprint density at radius 1 is 1.47 bits per heavy atom. The number of hydrogen-bond donors (Lipinski definition) is 0. The van der Waals surface area contributed by atoms with Crippen molar-refractivity contribution in [3.8, 4) is 0 Å². The number of pyridine rings is 1. The third-order valence-electron chi connectivity index (χ3n) is 3.58. The number of halogens is 1. The lowest BCUT2D eigenvalue weighted by molar-refractivity contribution is 0.0635. The second-order valence-corrected chi connectivity index (χ2v) is 5.72.